The Labute approximate surface area is 74.9 Å². The molecule has 0 saturated heterocycles. The minimum Gasteiger partial charge on any atom is -0.333 e. The van der Waals surface area contributed by atoms with Crippen molar-refractivity contribution in [3.8, 4) is 0 Å². The summed E-state index contributed by atoms with van der Waals surface area (Å²) in [6.07, 6.45) is 1.00. The topological polar surface area (TPSA) is 26.0 Å². The molecule has 1 rings (SSSR count). The van der Waals surface area contributed by atoms with Gasteiger partial charge >= 0.3 is 0 Å². The van der Waals surface area contributed by atoms with Gasteiger partial charge in [0.25, 0.3) is 0 Å². The fourth-order valence-electron chi connectivity index (χ4n) is 0.944. The Morgan fingerprint density at radius 3 is 2.17 bits per heavy atom. The van der Waals surface area contributed by atoms with Gasteiger partial charge in [0.1, 0.15) is 0 Å². The Kier molecular flexibility index (Phi) is 6.02. The van der Waals surface area contributed by atoms with Crippen molar-refractivity contribution in [2.75, 3.05) is 7.05 Å². The molecule has 12 heavy (non-hydrogen) atoms. The highest BCUT2D eigenvalue weighted by Crippen LogP contribution is 2.04. The molecule has 1 nitrogen and oxygen atoms in total. The van der Waals surface area contributed by atoms with Crippen LogP contribution in [0.5, 0.6) is 0 Å². The molecule has 0 amide bonds. The lowest BCUT2D eigenvalue weighted by Gasteiger charge is -1.97. The van der Waals surface area contributed by atoms with Crippen molar-refractivity contribution in [2.45, 2.75) is 13.3 Å². The lowest BCUT2D eigenvalue weighted by atomic mass is 10.1. The van der Waals surface area contributed by atoms with Crippen LogP contribution in [0.4, 0.5) is 0 Å². The molecule has 0 aliphatic carbocycles. The van der Waals surface area contributed by atoms with E-state index in [0.717, 1.165) is 6.42 Å². The monoisotopic (exact) mass is 163 g/mol. The maximum absolute atomic E-state index is 4.50. The van der Waals surface area contributed by atoms with Crippen LogP contribution in [-0.2, 0) is 6.42 Å². The summed E-state index contributed by atoms with van der Waals surface area (Å²) in [6, 6.07) is 10.4. The molecule has 66 valence electrons. The van der Waals surface area contributed by atoms with Gasteiger partial charge in [-0.2, -0.15) is 0 Å². The quantitative estimate of drug-likeness (QED) is 0.665. The largest absolute Gasteiger partial charge is 0.333 e. The van der Waals surface area contributed by atoms with Crippen LogP contribution < -0.4 is 5.73 Å². The molecule has 0 heterocycles. The molecule has 1 aromatic rings. The van der Waals surface area contributed by atoms with Crippen molar-refractivity contribution < 1.29 is 0 Å². The van der Waals surface area contributed by atoms with E-state index in [4.69, 9.17) is 0 Å². The molecule has 1 heteroatoms. The van der Waals surface area contributed by atoms with Crippen molar-refractivity contribution in [1.82, 2.24) is 0 Å². The first kappa shape index (κ1) is 10.9. The molecule has 0 aliphatic rings. The van der Waals surface area contributed by atoms with E-state index in [1.165, 1.54) is 18.2 Å². The van der Waals surface area contributed by atoms with Gasteiger partial charge in [-0.25, -0.2) is 0 Å². The molecule has 0 aromatic heterocycles. The molecule has 0 radical (unpaired) electrons. The highest BCUT2D eigenvalue weighted by Gasteiger charge is 1.88. The molecule has 1 aromatic carbocycles. The summed E-state index contributed by atoms with van der Waals surface area (Å²) in [6.45, 7) is 5.90. The minimum atomic E-state index is 1.00. The van der Waals surface area contributed by atoms with E-state index in [1.54, 1.807) is 0 Å². The maximum atomic E-state index is 4.50. The Morgan fingerprint density at radius 2 is 1.75 bits per heavy atom. The second kappa shape index (κ2) is 6.62. The average molecular weight is 163 g/mol. The molecular weight excluding hydrogens is 146 g/mol. The van der Waals surface area contributed by atoms with E-state index < -0.39 is 0 Å². The lowest BCUT2D eigenvalue weighted by Crippen LogP contribution is -1.82. The zero-order chi connectivity index (χ0) is 9.40. The first-order valence-electron chi connectivity index (χ1n) is 4.05. The number of benzene rings is 1. The van der Waals surface area contributed by atoms with Crippen molar-refractivity contribution >= 4 is 0 Å². The molecule has 0 atom stereocenters. The van der Waals surface area contributed by atoms with Crippen LogP contribution in [-0.4, -0.2) is 7.05 Å². The van der Waals surface area contributed by atoms with Gasteiger partial charge in [-0.1, -0.05) is 42.5 Å². The van der Waals surface area contributed by atoms with Crippen molar-refractivity contribution in [3.05, 3.63) is 48.0 Å². The fourth-order valence-corrected chi connectivity index (χ4v) is 0.944. The summed E-state index contributed by atoms with van der Waals surface area (Å²) in [5.41, 5.74) is 7.06. The molecule has 0 unspecified atom stereocenters. The predicted molar refractivity (Wildman–Crippen MR) is 55.1 cm³/mol. The standard InChI is InChI=1S/C10H12.CH5N/c1-9(2)8-10-6-4-3-5-7-10;1-2/h3-7H,1,8H2,2H3;2H2,1H3. The Morgan fingerprint density at radius 1 is 1.25 bits per heavy atom. The van der Waals surface area contributed by atoms with Gasteiger partial charge in [-0.15, -0.1) is 0 Å². The van der Waals surface area contributed by atoms with E-state index in [-0.39, 0.29) is 0 Å². The van der Waals surface area contributed by atoms with Crippen molar-refractivity contribution in [1.29, 1.82) is 0 Å². The number of nitrogens with two attached hydrogens (primary N) is 1. The number of hydrogen-bond donors (Lipinski definition) is 1. The van der Waals surface area contributed by atoms with Crippen LogP contribution in [0.2, 0.25) is 0 Å². The smallest absolute Gasteiger partial charge is 0.00726 e. The van der Waals surface area contributed by atoms with Gasteiger partial charge in [0.05, 0.1) is 0 Å². The van der Waals surface area contributed by atoms with Gasteiger partial charge in [-0.05, 0) is 26.0 Å². The highest BCUT2D eigenvalue weighted by atomic mass is 14.4. The minimum absolute atomic E-state index is 1.00. The van der Waals surface area contributed by atoms with Gasteiger partial charge in [0.15, 0.2) is 0 Å². The third-order valence-electron chi connectivity index (χ3n) is 1.35. The van der Waals surface area contributed by atoms with E-state index in [1.807, 2.05) is 13.0 Å². The van der Waals surface area contributed by atoms with E-state index in [2.05, 4.69) is 36.6 Å². The highest BCUT2D eigenvalue weighted by molar-refractivity contribution is 5.19. The van der Waals surface area contributed by atoms with E-state index >= 15 is 0 Å². The Balaban J connectivity index is 0.000000561. The molecule has 0 aliphatic heterocycles. The molecule has 0 spiro atoms. The lowest BCUT2D eigenvalue weighted by molar-refractivity contribution is 1.15. The molecule has 0 fully saturated rings. The first-order valence-corrected chi connectivity index (χ1v) is 4.05. The third-order valence-corrected chi connectivity index (χ3v) is 1.35. The van der Waals surface area contributed by atoms with Crippen molar-refractivity contribution in [2.24, 2.45) is 5.73 Å². The average Bonchev–Trinajstić information content (AvgIpc) is 2.08. The summed E-state index contributed by atoms with van der Waals surface area (Å²) < 4.78 is 0. The van der Waals surface area contributed by atoms with Crippen LogP contribution in [0.1, 0.15) is 12.5 Å². The Hall–Kier alpha value is -1.08. The number of allylic oxidation sites excluding steroid dienone is 1. The normalized spacial score (nSPS) is 8.25. The number of hydrogen-bond acceptors (Lipinski definition) is 1. The van der Waals surface area contributed by atoms with E-state index in [0.29, 0.717) is 0 Å². The number of rotatable bonds is 2. The summed E-state index contributed by atoms with van der Waals surface area (Å²) in [5.74, 6) is 0. The zero-order valence-electron chi connectivity index (χ0n) is 7.88. The van der Waals surface area contributed by atoms with E-state index in [9.17, 15) is 0 Å². The molecule has 2 N–H and O–H groups in total. The molecular formula is C11H17N. The predicted octanol–water partition coefficient (Wildman–Crippen LogP) is 2.38. The SMILES string of the molecule is C=C(C)Cc1ccccc1.CN. The fraction of sp³-hybridized carbons (Fsp3) is 0.273. The molecule has 0 saturated carbocycles. The second-order valence-corrected chi connectivity index (χ2v) is 2.62. The van der Waals surface area contributed by atoms with Crippen LogP contribution in [0.15, 0.2) is 42.5 Å². The van der Waals surface area contributed by atoms with Gasteiger partial charge in [0.2, 0.25) is 0 Å². The zero-order valence-corrected chi connectivity index (χ0v) is 7.88. The third kappa shape index (κ3) is 4.69. The summed E-state index contributed by atoms with van der Waals surface area (Å²) >= 11 is 0. The van der Waals surface area contributed by atoms with Crippen LogP contribution in [0.25, 0.3) is 0 Å². The summed E-state index contributed by atoms with van der Waals surface area (Å²) in [7, 11) is 1.50. The van der Waals surface area contributed by atoms with Crippen LogP contribution in [0, 0.1) is 0 Å². The van der Waals surface area contributed by atoms with Crippen molar-refractivity contribution in [3.63, 3.8) is 0 Å². The maximum Gasteiger partial charge on any atom is -0.00726 e. The molecule has 0 bridgehead atoms. The second-order valence-electron chi connectivity index (χ2n) is 2.62. The Bertz CT molecular complexity index is 214. The van der Waals surface area contributed by atoms with Gasteiger partial charge in [0, 0.05) is 0 Å². The first-order chi connectivity index (χ1) is 5.79. The van der Waals surface area contributed by atoms with Gasteiger partial charge < -0.3 is 5.73 Å². The van der Waals surface area contributed by atoms with Crippen LogP contribution >= 0.6 is 0 Å². The summed E-state index contributed by atoms with van der Waals surface area (Å²) in [4.78, 5) is 0. The summed E-state index contributed by atoms with van der Waals surface area (Å²) in [5, 5.41) is 0. The van der Waals surface area contributed by atoms with Gasteiger partial charge in [-0.3, -0.25) is 0 Å². The van der Waals surface area contributed by atoms with Crippen LogP contribution in [0.3, 0.4) is 0 Å².